The molecule has 33 heavy (non-hydrogen) atoms. The van der Waals surface area contributed by atoms with Crippen LogP contribution in [0.25, 0.3) is 0 Å². The molecule has 198 valence electrons. The van der Waals surface area contributed by atoms with Crippen LogP contribution in [-0.2, 0) is 14.3 Å². The third kappa shape index (κ3) is 20.4. The van der Waals surface area contributed by atoms with E-state index in [9.17, 15) is 9.59 Å². The first kappa shape index (κ1) is 38.3. The molecule has 0 radical (unpaired) electrons. The van der Waals surface area contributed by atoms with Crippen molar-refractivity contribution < 1.29 is 65.4 Å². The highest BCUT2D eigenvalue weighted by Gasteiger charge is 2.30. The summed E-state index contributed by atoms with van der Waals surface area (Å²) in [5.74, 6) is -1.54. The number of carbonyl (C=O) groups is 2. The number of aliphatic hydroxyl groups is 9. The van der Waals surface area contributed by atoms with Crippen LogP contribution < -0.4 is 0 Å². The molecule has 10 N–H and O–H groups in total. The van der Waals surface area contributed by atoms with Gasteiger partial charge in [-0.2, -0.15) is 0 Å². The minimum atomic E-state index is -1.18. The van der Waals surface area contributed by atoms with Gasteiger partial charge in [-0.15, -0.1) is 0 Å². The minimum Gasteiger partial charge on any atom is -0.478 e. The highest BCUT2D eigenvalue weighted by molar-refractivity contribution is 5.87. The summed E-state index contributed by atoms with van der Waals surface area (Å²) in [4.78, 5) is 20.6. The monoisotopic (exact) mass is 488 g/mol. The van der Waals surface area contributed by atoms with Crippen LogP contribution in [0.1, 0.15) is 13.8 Å². The van der Waals surface area contributed by atoms with Gasteiger partial charge in [0.2, 0.25) is 0 Å². The van der Waals surface area contributed by atoms with Crippen LogP contribution in [0.4, 0.5) is 0 Å². The topological polar surface area (TPSA) is 246 Å². The van der Waals surface area contributed by atoms with Gasteiger partial charge in [-0.3, -0.25) is 0 Å². The van der Waals surface area contributed by atoms with Crippen molar-refractivity contribution >= 4 is 11.9 Å². The Hall–Kier alpha value is -1.94. The van der Waals surface area contributed by atoms with Crippen molar-refractivity contribution in [1.29, 1.82) is 0 Å². The Labute approximate surface area is 193 Å². The van der Waals surface area contributed by atoms with E-state index in [0.29, 0.717) is 0 Å². The van der Waals surface area contributed by atoms with Crippen molar-refractivity contribution in [2.45, 2.75) is 13.8 Å². The summed E-state index contributed by atoms with van der Waals surface area (Å²) in [6.07, 6.45) is 0. The summed E-state index contributed by atoms with van der Waals surface area (Å²) in [7, 11) is 0. The predicted molar refractivity (Wildman–Crippen MR) is 117 cm³/mol. The van der Waals surface area contributed by atoms with Crippen molar-refractivity contribution in [2.24, 2.45) is 10.8 Å². The van der Waals surface area contributed by atoms with E-state index in [1.165, 1.54) is 13.8 Å². The Morgan fingerprint density at radius 3 is 1.03 bits per heavy atom. The first-order chi connectivity index (χ1) is 15.3. The molecule has 0 saturated heterocycles. The van der Waals surface area contributed by atoms with E-state index in [1.807, 2.05) is 0 Å². The molecule has 0 bridgehead atoms. The fourth-order valence-electron chi connectivity index (χ4n) is 0.929. The average Bonchev–Trinajstić information content (AvgIpc) is 2.82. The summed E-state index contributed by atoms with van der Waals surface area (Å²) < 4.78 is 4.72. The molecular formula is C20H40O13. The maximum atomic E-state index is 11.0. The molecule has 0 aliphatic carbocycles. The maximum absolute atomic E-state index is 11.0. The number of carboxylic acids is 1. The summed E-state index contributed by atoms with van der Waals surface area (Å²) in [6, 6.07) is 0. The Balaban J connectivity index is -0.000000189. The summed E-state index contributed by atoms with van der Waals surface area (Å²) in [5.41, 5.74) is -1.88. The number of aliphatic hydroxyl groups excluding tert-OH is 9. The molecule has 0 aromatic rings. The number of hydrogen-bond acceptors (Lipinski definition) is 12. The van der Waals surface area contributed by atoms with E-state index >= 15 is 0 Å². The molecule has 0 aliphatic rings. The zero-order valence-corrected chi connectivity index (χ0v) is 19.2. The third-order valence-corrected chi connectivity index (χ3v) is 3.67. The van der Waals surface area contributed by atoms with Gasteiger partial charge in [0.05, 0.1) is 70.3 Å². The number of rotatable bonds is 12. The van der Waals surface area contributed by atoms with Crippen LogP contribution in [0.3, 0.4) is 0 Å². The fourth-order valence-corrected chi connectivity index (χ4v) is 0.929. The highest BCUT2D eigenvalue weighted by Crippen LogP contribution is 2.15. The van der Waals surface area contributed by atoms with E-state index < -0.39 is 69.0 Å². The van der Waals surface area contributed by atoms with Crippen LogP contribution in [0.2, 0.25) is 0 Å². The molecule has 0 saturated carbocycles. The van der Waals surface area contributed by atoms with Gasteiger partial charge in [0.25, 0.3) is 0 Å². The zero-order valence-electron chi connectivity index (χ0n) is 19.2. The molecule has 0 atom stereocenters. The lowest BCUT2D eigenvalue weighted by Crippen LogP contribution is -2.39. The van der Waals surface area contributed by atoms with Crippen molar-refractivity contribution in [2.75, 3.05) is 66.1 Å². The molecule has 0 aromatic heterocycles. The summed E-state index contributed by atoms with van der Waals surface area (Å²) in [6.45, 7) is 5.99. The molecule has 0 aliphatic heterocycles. The standard InChI is InChI=1S/C9H16O5.C5H12O4.C4H6O2.C2H6O2/c1-7(2)8(13)14-6-9(3-10,4-11)5-12;6-1-5(2-7,3-8)4-9;1-3(2)4(5)6;3-1-2-4/h10-12H,1,3-6H2,2H3;6-9H,1-4H2;1H2,2H3,(H,5,6);3-4H,1-2H2. The highest BCUT2D eigenvalue weighted by atomic mass is 16.5. The van der Waals surface area contributed by atoms with Gasteiger partial charge in [0.15, 0.2) is 0 Å². The van der Waals surface area contributed by atoms with E-state index in [4.69, 9.17) is 55.8 Å². The molecule has 0 fully saturated rings. The lowest BCUT2D eigenvalue weighted by atomic mass is 9.93. The van der Waals surface area contributed by atoms with Crippen LogP contribution in [0.15, 0.2) is 24.3 Å². The largest absolute Gasteiger partial charge is 0.478 e. The van der Waals surface area contributed by atoms with Crippen molar-refractivity contribution in [1.82, 2.24) is 0 Å². The SMILES string of the molecule is C=C(C)C(=O)O.C=C(C)C(=O)OCC(CO)(CO)CO.OCC(CO)(CO)CO.OCCO. The molecule has 0 amide bonds. The Morgan fingerprint density at radius 2 is 0.909 bits per heavy atom. The molecule has 0 aromatic carbocycles. The van der Waals surface area contributed by atoms with E-state index in [0.717, 1.165) is 0 Å². The Morgan fingerprint density at radius 1 is 0.636 bits per heavy atom. The van der Waals surface area contributed by atoms with Crippen LogP contribution in [-0.4, -0.2) is 129 Å². The third-order valence-electron chi connectivity index (χ3n) is 3.67. The molecule has 0 unspecified atom stereocenters. The van der Waals surface area contributed by atoms with E-state index in [2.05, 4.69) is 13.2 Å². The van der Waals surface area contributed by atoms with Crippen LogP contribution in [0.5, 0.6) is 0 Å². The second-order valence-corrected chi connectivity index (χ2v) is 7.00. The maximum Gasteiger partial charge on any atom is 0.333 e. The second-order valence-electron chi connectivity index (χ2n) is 7.00. The Bertz CT molecular complexity index is 486. The second kappa shape index (κ2) is 23.2. The number of carboxylic acid groups (broad SMARTS) is 1. The Kier molecular flexibility index (Phi) is 27.0. The van der Waals surface area contributed by atoms with Gasteiger partial charge in [-0.05, 0) is 13.8 Å². The molecule has 13 heteroatoms. The normalized spacial score (nSPS) is 10.3. The van der Waals surface area contributed by atoms with Gasteiger partial charge >= 0.3 is 11.9 Å². The smallest absolute Gasteiger partial charge is 0.333 e. The van der Waals surface area contributed by atoms with Crippen molar-refractivity contribution in [3.63, 3.8) is 0 Å². The van der Waals surface area contributed by atoms with Crippen LogP contribution >= 0.6 is 0 Å². The van der Waals surface area contributed by atoms with Crippen molar-refractivity contribution in [3.8, 4) is 0 Å². The fraction of sp³-hybridized carbons (Fsp3) is 0.700. The average molecular weight is 489 g/mol. The van der Waals surface area contributed by atoms with Crippen molar-refractivity contribution in [3.05, 3.63) is 24.3 Å². The van der Waals surface area contributed by atoms with Gasteiger partial charge in [0.1, 0.15) is 6.61 Å². The molecule has 13 nitrogen and oxygen atoms in total. The lowest BCUT2D eigenvalue weighted by Gasteiger charge is -2.26. The predicted octanol–water partition coefficient (Wildman–Crippen LogP) is -3.37. The number of hydrogen-bond donors (Lipinski definition) is 10. The summed E-state index contributed by atoms with van der Waals surface area (Å²) >= 11 is 0. The van der Waals surface area contributed by atoms with E-state index in [-0.39, 0.29) is 31.0 Å². The first-order valence-electron chi connectivity index (χ1n) is 9.51. The number of aliphatic carboxylic acids is 1. The van der Waals surface area contributed by atoms with E-state index in [1.54, 1.807) is 0 Å². The number of carbonyl (C=O) groups excluding carboxylic acids is 1. The molecule has 0 rings (SSSR count). The molecular weight excluding hydrogens is 448 g/mol. The van der Waals surface area contributed by atoms with Gasteiger partial charge in [-0.1, -0.05) is 13.2 Å². The van der Waals surface area contributed by atoms with Gasteiger partial charge < -0.3 is 55.8 Å². The number of ether oxygens (including phenoxy) is 1. The molecule has 0 spiro atoms. The zero-order chi connectivity index (χ0) is 27.1. The minimum absolute atomic E-state index is 0.125. The molecule has 0 heterocycles. The summed E-state index contributed by atoms with van der Waals surface area (Å²) in [5, 5.41) is 83.8. The quantitative estimate of drug-likeness (QED) is 0.0953. The van der Waals surface area contributed by atoms with Crippen LogP contribution in [0, 0.1) is 10.8 Å². The first-order valence-corrected chi connectivity index (χ1v) is 9.51. The van der Waals surface area contributed by atoms with Gasteiger partial charge in [0, 0.05) is 11.1 Å². The number of esters is 1. The van der Waals surface area contributed by atoms with Gasteiger partial charge in [-0.25, -0.2) is 9.59 Å². The lowest BCUT2D eigenvalue weighted by molar-refractivity contribution is -0.146.